The minimum absolute atomic E-state index is 0.0220. The van der Waals surface area contributed by atoms with E-state index in [1.165, 1.54) is 5.56 Å². The maximum Gasteiger partial charge on any atom is 0.353 e. The molecule has 0 unspecified atom stereocenters. The van der Waals surface area contributed by atoms with Gasteiger partial charge in [-0.2, -0.15) is 9.97 Å². The molecule has 0 spiro atoms. The van der Waals surface area contributed by atoms with E-state index < -0.39 is 4.92 Å². The standard InChI is InChI=1S/C21H29N7O3/c1-15-12-27(13-16(2)31-15)21-23-19(22)18(28(29)30)20(24-21)26-10-8-25(9-11-26)14-17-6-4-3-5-7-17/h3-7,15-16H,8-14H2,1-2H3,(H2,22,23,24)/t15-,16-/m0/s1. The minimum atomic E-state index is -0.477. The van der Waals surface area contributed by atoms with Gasteiger partial charge < -0.3 is 20.3 Å². The van der Waals surface area contributed by atoms with Gasteiger partial charge in [-0.25, -0.2) is 0 Å². The van der Waals surface area contributed by atoms with Gasteiger partial charge in [0, 0.05) is 45.8 Å². The summed E-state index contributed by atoms with van der Waals surface area (Å²) in [5, 5.41) is 11.8. The number of hydrogen-bond acceptors (Lipinski definition) is 9. The van der Waals surface area contributed by atoms with Gasteiger partial charge in [0.25, 0.3) is 0 Å². The third-order valence-corrected chi connectivity index (χ3v) is 5.69. The predicted molar refractivity (Wildman–Crippen MR) is 119 cm³/mol. The largest absolute Gasteiger partial charge is 0.378 e. The Morgan fingerprint density at radius 1 is 1.06 bits per heavy atom. The number of nitro groups is 1. The molecule has 10 nitrogen and oxygen atoms in total. The van der Waals surface area contributed by atoms with Crippen LogP contribution < -0.4 is 15.5 Å². The minimum Gasteiger partial charge on any atom is -0.378 e. The summed E-state index contributed by atoms with van der Waals surface area (Å²) < 4.78 is 5.78. The van der Waals surface area contributed by atoms with Gasteiger partial charge in [0.15, 0.2) is 0 Å². The summed E-state index contributed by atoms with van der Waals surface area (Å²) in [7, 11) is 0. The zero-order valence-corrected chi connectivity index (χ0v) is 18.0. The lowest BCUT2D eigenvalue weighted by molar-refractivity contribution is -0.383. The highest BCUT2D eigenvalue weighted by Gasteiger charge is 2.32. The first kappa shape index (κ1) is 21.3. The summed E-state index contributed by atoms with van der Waals surface area (Å²) in [6, 6.07) is 10.3. The van der Waals surface area contributed by atoms with Gasteiger partial charge in [0.1, 0.15) is 0 Å². The van der Waals surface area contributed by atoms with Crippen molar-refractivity contribution in [3.8, 4) is 0 Å². The molecule has 1 aromatic carbocycles. The van der Waals surface area contributed by atoms with Crippen LogP contribution in [0, 0.1) is 10.1 Å². The van der Waals surface area contributed by atoms with Gasteiger partial charge in [-0.05, 0) is 19.4 Å². The number of benzene rings is 1. The number of nitrogen functional groups attached to an aromatic ring is 1. The number of nitrogens with two attached hydrogens (primary N) is 1. The number of piperazine rings is 1. The van der Waals surface area contributed by atoms with Crippen LogP contribution in [0.4, 0.5) is 23.3 Å². The van der Waals surface area contributed by atoms with E-state index >= 15 is 0 Å². The van der Waals surface area contributed by atoms with Crippen LogP contribution >= 0.6 is 0 Å². The van der Waals surface area contributed by atoms with Crippen molar-refractivity contribution in [1.82, 2.24) is 14.9 Å². The molecule has 2 fully saturated rings. The second kappa shape index (κ2) is 9.03. The van der Waals surface area contributed by atoms with Gasteiger partial charge in [-0.15, -0.1) is 0 Å². The van der Waals surface area contributed by atoms with Crippen molar-refractivity contribution in [2.24, 2.45) is 0 Å². The van der Waals surface area contributed by atoms with E-state index in [1.54, 1.807) is 0 Å². The van der Waals surface area contributed by atoms with Crippen molar-refractivity contribution in [3.63, 3.8) is 0 Å². The molecule has 1 aromatic heterocycles. The second-order valence-electron chi connectivity index (χ2n) is 8.25. The fraction of sp³-hybridized carbons (Fsp3) is 0.524. The van der Waals surface area contributed by atoms with Gasteiger partial charge in [0.2, 0.25) is 17.6 Å². The zero-order valence-electron chi connectivity index (χ0n) is 18.0. The molecule has 2 atom stereocenters. The molecule has 3 heterocycles. The summed E-state index contributed by atoms with van der Waals surface area (Å²) in [6.45, 7) is 8.93. The topological polar surface area (TPSA) is 114 Å². The number of morpholine rings is 1. The van der Waals surface area contributed by atoms with E-state index in [0.717, 1.165) is 19.6 Å². The number of rotatable bonds is 5. The molecule has 2 aliphatic heterocycles. The van der Waals surface area contributed by atoms with Crippen molar-refractivity contribution >= 4 is 23.3 Å². The maximum atomic E-state index is 11.8. The first-order valence-electron chi connectivity index (χ1n) is 10.6. The molecule has 0 bridgehead atoms. The molecular weight excluding hydrogens is 398 g/mol. The first-order chi connectivity index (χ1) is 14.9. The molecule has 31 heavy (non-hydrogen) atoms. The summed E-state index contributed by atoms with van der Waals surface area (Å²) in [5.41, 5.74) is 7.09. The van der Waals surface area contributed by atoms with Crippen LogP contribution in [0.5, 0.6) is 0 Å². The summed E-state index contributed by atoms with van der Waals surface area (Å²) in [6.07, 6.45) is 0.0440. The number of nitrogens with zero attached hydrogens (tertiary/aromatic N) is 6. The molecule has 10 heteroatoms. The lowest BCUT2D eigenvalue weighted by atomic mass is 10.2. The van der Waals surface area contributed by atoms with E-state index in [2.05, 4.69) is 27.0 Å². The zero-order chi connectivity index (χ0) is 22.0. The SMILES string of the molecule is C[C@H]1CN(c2nc(N)c([N+](=O)[O-])c(N3CCN(Cc4ccccc4)CC3)n2)C[C@H](C)O1. The van der Waals surface area contributed by atoms with Crippen molar-refractivity contribution < 1.29 is 9.66 Å². The highest BCUT2D eigenvalue weighted by molar-refractivity contribution is 5.71. The normalized spacial score (nSPS) is 22.5. The third kappa shape index (κ3) is 4.86. The third-order valence-electron chi connectivity index (χ3n) is 5.69. The number of ether oxygens (including phenoxy) is 1. The molecule has 0 saturated carbocycles. The van der Waals surface area contributed by atoms with Crippen molar-refractivity contribution in [2.45, 2.75) is 32.6 Å². The Bertz CT molecular complexity index is 909. The molecule has 2 aromatic rings. The van der Waals surface area contributed by atoms with Crippen LogP contribution in [0.2, 0.25) is 0 Å². The number of hydrogen-bond donors (Lipinski definition) is 1. The highest BCUT2D eigenvalue weighted by Crippen LogP contribution is 2.34. The van der Waals surface area contributed by atoms with Gasteiger partial charge in [-0.3, -0.25) is 15.0 Å². The van der Waals surface area contributed by atoms with Crippen LogP contribution in [0.25, 0.3) is 0 Å². The molecule has 0 radical (unpaired) electrons. The Kier molecular flexibility index (Phi) is 6.19. The van der Waals surface area contributed by atoms with Crippen LogP contribution in [-0.2, 0) is 11.3 Å². The van der Waals surface area contributed by atoms with E-state index in [0.29, 0.717) is 37.9 Å². The summed E-state index contributed by atoms with van der Waals surface area (Å²) >= 11 is 0. The van der Waals surface area contributed by atoms with Crippen molar-refractivity contribution in [2.75, 3.05) is 54.8 Å². The van der Waals surface area contributed by atoms with E-state index in [4.69, 9.17) is 10.5 Å². The molecule has 0 aliphatic carbocycles. The van der Waals surface area contributed by atoms with Gasteiger partial charge in [0.05, 0.1) is 17.1 Å². The highest BCUT2D eigenvalue weighted by atomic mass is 16.6. The number of anilines is 3. The Balaban J connectivity index is 1.54. The first-order valence-corrected chi connectivity index (χ1v) is 10.6. The molecule has 2 N–H and O–H groups in total. The van der Waals surface area contributed by atoms with Crippen molar-refractivity contribution in [1.29, 1.82) is 0 Å². The Morgan fingerprint density at radius 3 is 2.32 bits per heavy atom. The molecule has 4 rings (SSSR count). The Hall–Kier alpha value is -2.98. The van der Waals surface area contributed by atoms with Crippen molar-refractivity contribution in [3.05, 3.63) is 46.0 Å². The quantitative estimate of drug-likeness (QED) is 0.564. The van der Waals surface area contributed by atoms with E-state index in [9.17, 15) is 10.1 Å². The molecular formula is C21H29N7O3. The lowest BCUT2D eigenvalue weighted by Gasteiger charge is -2.37. The smallest absolute Gasteiger partial charge is 0.353 e. The molecule has 2 saturated heterocycles. The van der Waals surface area contributed by atoms with Crippen LogP contribution in [0.3, 0.4) is 0 Å². The van der Waals surface area contributed by atoms with Gasteiger partial charge >= 0.3 is 5.69 Å². The predicted octanol–water partition coefficient (Wildman–Crippen LogP) is 1.90. The average Bonchev–Trinajstić information content (AvgIpc) is 2.73. The second-order valence-corrected chi connectivity index (χ2v) is 8.25. The molecule has 0 amide bonds. The summed E-state index contributed by atoms with van der Waals surface area (Å²) in [4.78, 5) is 26.5. The maximum absolute atomic E-state index is 11.8. The Labute approximate surface area is 181 Å². The van der Waals surface area contributed by atoms with Crippen LogP contribution in [-0.4, -0.2) is 71.3 Å². The summed E-state index contributed by atoms with van der Waals surface area (Å²) in [5.74, 6) is 0.633. The Morgan fingerprint density at radius 2 is 1.71 bits per heavy atom. The fourth-order valence-corrected chi connectivity index (χ4v) is 4.29. The van der Waals surface area contributed by atoms with E-state index in [1.807, 2.05) is 41.8 Å². The molecule has 166 valence electrons. The number of aromatic nitrogens is 2. The average molecular weight is 428 g/mol. The fourth-order valence-electron chi connectivity index (χ4n) is 4.29. The molecule has 2 aliphatic rings. The lowest BCUT2D eigenvalue weighted by Crippen LogP contribution is -2.48. The van der Waals surface area contributed by atoms with Crippen LogP contribution in [0.15, 0.2) is 30.3 Å². The van der Waals surface area contributed by atoms with Gasteiger partial charge in [-0.1, -0.05) is 30.3 Å². The van der Waals surface area contributed by atoms with Crippen LogP contribution in [0.1, 0.15) is 19.4 Å². The van der Waals surface area contributed by atoms with E-state index in [-0.39, 0.29) is 23.7 Å². The monoisotopic (exact) mass is 427 g/mol.